The third-order valence-electron chi connectivity index (χ3n) is 8.68. The van der Waals surface area contributed by atoms with Crippen LogP contribution in [0.15, 0.2) is 91.2 Å². The summed E-state index contributed by atoms with van der Waals surface area (Å²) in [6.07, 6.45) is 9.73. The van der Waals surface area contributed by atoms with Crippen LogP contribution in [0.4, 0.5) is 5.69 Å². The number of aryl methyl sites for hydroxylation is 1. The maximum Gasteiger partial charge on any atom is 0.340 e. The smallest absolute Gasteiger partial charge is 0.340 e. The van der Waals surface area contributed by atoms with Gasteiger partial charge in [0.05, 0.1) is 12.2 Å². The van der Waals surface area contributed by atoms with Gasteiger partial charge in [0.25, 0.3) is 0 Å². The lowest BCUT2D eigenvalue weighted by molar-refractivity contribution is 0.0246. The zero-order valence-corrected chi connectivity index (χ0v) is 25.6. The number of cyclic esters (lactones) is 1. The predicted octanol–water partition coefficient (Wildman–Crippen LogP) is 7.69. The van der Waals surface area contributed by atoms with Crippen LogP contribution in [0.1, 0.15) is 66.0 Å². The molecule has 0 aliphatic carbocycles. The second-order valence-electron chi connectivity index (χ2n) is 10.8. The lowest BCUT2D eigenvalue weighted by Crippen LogP contribution is -2.31. The Morgan fingerprint density at radius 1 is 0.930 bits per heavy atom. The minimum atomic E-state index is -1.23. The van der Waals surface area contributed by atoms with Gasteiger partial charge in [0.1, 0.15) is 5.75 Å². The SMILES string of the molecule is CCOc1cc(N(CC)CC)ccc1C1(c2c(C)n(CC)c3ccccc23)OC(=O)c2c(C3=CC=CC=CN3)cccc21. The molecule has 43 heavy (non-hydrogen) atoms. The molecule has 0 saturated carbocycles. The summed E-state index contributed by atoms with van der Waals surface area (Å²) >= 11 is 0. The van der Waals surface area contributed by atoms with E-state index in [2.05, 4.69) is 84.9 Å². The fourth-order valence-electron chi connectivity index (χ4n) is 6.83. The van der Waals surface area contributed by atoms with Gasteiger partial charge in [-0.15, -0.1) is 0 Å². The highest BCUT2D eigenvalue weighted by Crippen LogP contribution is 2.54. The van der Waals surface area contributed by atoms with Crippen LogP contribution in [0.25, 0.3) is 16.6 Å². The van der Waals surface area contributed by atoms with E-state index >= 15 is 0 Å². The van der Waals surface area contributed by atoms with Crippen molar-refractivity contribution in [1.82, 2.24) is 9.88 Å². The van der Waals surface area contributed by atoms with Crippen LogP contribution in [0.3, 0.4) is 0 Å². The monoisotopic (exact) mass is 573 g/mol. The molecular formula is C37H39N3O3. The van der Waals surface area contributed by atoms with Crippen LogP contribution < -0.4 is 15.0 Å². The van der Waals surface area contributed by atoms with E-state index in [4.69, 9.17) is 9.47 Å². The van der Waals surface area contributed by atoms with Crippen LogP contribution in [0.5, 0.6) is 5.75 Å². The first-order valence-corrected chi connectivity index (χ1v) is 15.3. The van der Waals surface area contributed by atoms with Crippen molar-refractivity contribution in [2.24, 2.45) is 0 Å². The van der Waals surface area contributed by atoms with Crippen molar-refractivity contribution in [3.63, 3.8) is 0 Å². The average molecular weight is 574 g/mol. The van der Waals surface area contributed by atoms with E-state index in [1.54, 1.807) is 0 Å². The second kappa shape index (κ2) is 11.5. The van der Waals surface area contributed by atoms with Crippen LogP contribution in [0, 0.1) is 6.92 Å². The Morgan fingerprint density at radius 2 is 1.74 bits per heavy atom. The van der Waals surface area contributed by atoms with Gasteiger partial charge in [0.2, 0.25) is 0 Å². The van der Waals surface area contributed by atoms with Gasteiger partial charge in [-0.3, -0.25) is 0 Å². The van der Waals surface area contributed by atoms with Crippen LogP contribution in [0.2, 0.25) is 0 Å². The van der Waals surface area contributed by atoms with Gasteiger partial charge in [-0.25, -0.2) is 4.79 Å². The molecule has 4 aromatic rings. The lowest BCUT2D eigenvalue weighted by atomic mass is 9.77. The lowest BCUT2D eigenvalue weighted by Gasteiger charge is -2.33. The number of fused-ring (bicyclic) bond motifs is 2. The number of carbonyl (C=O) groups excluding carboxylic acids is 1. The maximum absolute atomic E-state index is 14.3. The molecule has 1 unspecified atom stereocenters. The number of hydrogen-bond donors (Lipinski definition) is 1. The number of nitrogens with zero attached hydrogens (tertiary/aromatic N) is 2. The molecule has 3 aromatic carbocycles. The van der Waals surface area contributed by atoms with E-state index in [0.717, 1.165) is 69.9 Å². The van der Waals surface area contributed by atoms with E-state index < -0.39 is 5.60 Å². The Kier molecular flexibility index (Phi) is 7.61. The van der Waals surface area contributed by atoms with E-state index in [1.807, 2.05) is 55.6 Å². The van der Waals surface area contributed by atoms with Crippen LogP contribution in [-0.4, -0.2) is 30.2 Å². The molecular weight excluding hydrogens is 534 g/mol. The molecule has 6 heteroatoms. The van der Waals surface area contributed by atoms with E-state index in [1.165, 1.54) is 0 Å². The molecule has 3 heterocycles. The number of anilines is 1. The molecule has 0 saturated heterocycles. The number of hydrogen-bond acceptors (Lipinski definition) is 5. The fourth-order valence-corrected chi connectivity index (χ4v) is 6.83. The molecule has 0 radical (unpaired) electrons. The molecule has 2 aliphatic rings. The topological polar surface area (TPSA) is 55.7 Å². The molecule has 0 spiro atoms. The predicted molar refractivity (Wildman–Crippen MR) is 175 cm³/mol. The van der Waals surface area contributed by atoms with Crippen molar-refractivity contribution in [1.29, 1.82) is 0 Å². The number of nitrogens with one attached hydrogen (secondary N) is 1. The average Bonchev–Trinajstić information content (AvgIpc) is 3.31. The summed E-state index contributed by atoms with van der Waals surface area (Å²) < 4.78 is 15.5. The largest absolute Gasteiger partial charge is 0.493 e. The van der Waals surface area contributed by atoms with Gasteiger partial charge < -0.3 is 24.3 Å². The molecule has 6 nitrogen and oxygen atoms in total. The van der Waals surface area contributed by atoms with Crippen LogP contribution in [-0.2, 0) is 16.9 Å². The normalized spacial score (nSPS) is 17.3. The first kappa shape index (κ1) is 28.4. The molecule has 2 aliphatic heterocycles. The summed E-state index contributed by atoms with van der Waals surface area (Å²) in [7, 11) is 0. The number of rotatable bonds is 9. The highest BCUT2D eigenvalue weighted by Gasteiger charge is 2.53. The molecule has 0 amide bonds. The summed E-state index contributed by atoms with van der Waals surface area (Å²) in [5.41, 5.74) is 6.81. The van der Waals surface area contributed by atoms with Gasteiger partial charge >= 0.3 is 5.97 Å². The number of allylic oxidation sites excluding steroid dienone is 4. The van der Waals surface area contributed by atoms with Gasteiger partial charge in [-0.1, -0.05) is 48.6 Å². The number of para-hydroxylation sites is 1. The third-order valence-corrected chi connectivity index (χ3v) is 8.68. The zero-order valence-electron chi connectivity index (χ0n) is 25.6. The molecule has 0 bridgehead atoms. The highest BCUT2D eigenvalue weighted by molar-refractivity contribution is 6.03. The number of benzene rings is 3. The Labute approximate surface area is 253 Å². The minimum absolute atomic E-state index is 0.353. The Balaban J connectivity index is 1.73. The fraction of sp³-hybridized carbons (Fsp3) is 0.270. The van der Waals surface area contributed by atoms with Crippen molar-refractivity contribution >= 4 is 28.3 Å². The Morgan fingerprint density at radius 3 is 2.51 bits per heavy atom. The van der Waals surface area contributed by atoms with Crippen molar-refractivity contribution in [3.05, 3.63) is 125 Å². The summed E-state index contributed by atoms with van der Waals surface area (Å²) in [5.74, 6) is 0.358. The first-order chi connectivity index (χ1) is 21.0. The van der Waals surface area contributed by atoms with Crippen LogP contribution >= 0.6 is 0 Å². The van der Waals surface area contributed by atoms with Gasteiger partial charge in [0, 0.05) is 82.1 Å². The molecule has 1 aromatic heterocycles. The number of esters is 1. The maximum atomic E-state index is 14.3. The van der Waals surface area contributed by atoms with Gasteiger partial charge in [-0.2, -0.15) is 0 Å². The van der Waals surface area contributed by atoms with E-state index in [9.17, 15) is 4.79 Å². The van der Waals surface area contributed by atoms with Crippen molar-refractivity contribution in [2.45, 2.75) is 46.8 Å². The summed E-state index contributed by atoms with van der Waals surface area (Å²) in [5, 5.41) is 4.41. The number of ether oxygens (including phenoxy) is 2. The quantitative estimate of drug-likeness (QED) is 0.208. The van der Waals surface area contributed by atoms with Crippen molar-refractivity contribution in [2.75, 3.05) is 24.6 Å². The van der Waals surface area contributed by atoms with E-state index in [0.29, 0.717) is 17.9 Å². The standard InChI is InChI=1S/C37H39N3O3/c1-6-39(7-2)26-21-22-29(33(24-26)42-9-4)37(35-25(5)40(8-3)32-20-13-12-16-28(32)35)30-18-15-17-27(34(30)36(41)43-37)31-19-11-10-14-23-38-31/h10-24,38H,6-9H2,1-5H3. The zero-order chi connectivity index (χ0) is 30.1. The first-order valence-electron chi connectivity index (χ1n) is 15.3. The highest BCUT2D eigenvalue weighted by atomic mass is 16.6. The summed E-state index contributed by atoms with van der Waals surface area (Å²) in [6, 6.07) is 20.8. The molecule has 1 atom stereocenters. The Bertz CT molecular complexity index is 1790. The van der Waals surface area contributed by atoms with Gasteiger partial charge in [0.15, 0.2) is 5.60 Å². The summed E-state index contributed by atoms with van der Waals surface area (Å²) in [6.45, 7) is 13.6. The molecule has 1 N–H and O–H groups in total. The second-order valence-corrected chi connectivity index (χ2v) is 10.8. The molecule has 0 fully saturated rings. The number of aromatic nitrogens is 1. The van der Waals surface area contributed by atoms with Crippen molar-refractivity contribution in [3.8, 4) is 5.75 Å². The third kappa shape index (κ3) is 4.44. The molecule has 220 valence electrons. The Hall–Kier alpha value is -4.71. The van der Waals surface area contributed by atoms with E-state index in [-0.39, 0.29) is 5.97 Å². The molecule has 6 rings (SSSR count). The number of carbonyl (C=O) groups is 1. The minimum Gasteiger partial charge on any atom is -0.493 e. The van der Waals surface area contributed by atoms with Crippen molar-refractivity contribution < 1.29 is 14.3 Å². The van der Waals surface area contributed by atoms with Gasteiger partial charge in [-0.05, 0) is 65.0 Å². The summed E-state index contributed by atoms with van der Waals surface area (Å²) in [4.78, 5) is 16.6.